The maximum absolute atomic E-state index is 13.9. The smallest absolute Gasteiger partial charge is 0.338 e. The SMILES string of the molecule is CCCCOc1ccc(C2C(C(=O)OCCOC)=C(C)N=c3sc(=Cc4ccc(OC)c(OC)c4)c(=O)n32)cc1. The Kier molecular flexibility index (Phi) is 9.79. The highest BCUT2D eigenvalue weighted by molar-refractivity contribution is 7.07. The highest BCUT2D eigenvalue weighted by atomic mass is 32.1. The summed E-state index contributed by atoms with van der Waals surface area (Å²) < 4.78 is 29.1. The molecular weight excluding hydrogens is 532 g/mol. The van der Waals surface area contributed by atoms with Crippen LogP contribution in [-0.2, 0) is 14.3 Å². The molecule has 0 bridgehead atoms. The summed E-state index contributed by atoms with van der Waals surface area (Å²) in [5, 5.41) is 0. The second-order valence-electron chi connectivity index (χ2n) is 9.10. The second-order valence-corrected chi connectivity index (χ2v) is 10.1. The fourth-order valence-electron chi connectivity index (χ4n) is 4.37. The van der Waals surface area contributed by atoms with Gasteiger partial charge in [-0.2, -0.15) is 0 Å². The van der Waals surface area contributed by atoms with Crippen LogP contribution in [0.1, 0.15) is 43.9 Å². The van der Waals surface area contributed by atoms with Crippen LogP contribution >= 0.6 is 11.3 Å². The predicted molar refractivity (Wildman–Crippen MR) is 153 cm³/mol. The zero-order chi connectivity index (χ0) is 28.6. The summed E-state index contributed by atoms with van der Waals surface area (Å²) in [6, 6.07) is 12.2. The van der Waals surface area contributed by atoms with E-state index in [1.807, 2.05) is 30.3 Å². The molecule has 0 radical (unpaired) electrons. The van der Waals surface area contributed by atoms with Crippen LogP contribution in [0.2, 0.25) is 0 Å². The molecule has 0 N–H and O–H groups in total. The number of carbonyl (C=O) groups is 1. The van der Waals surface area contributed by atoms with Gasteiger partial charge in [-0.3, -0.25) is 9.36 Å². The number of hydrogen-bond donors (Lipinski definition) is 0. The van der Waals surface area contributed by atoms with E-state index < -0.39 is 12.0 Å². The Morgan fingerprint density at radius 2 is 1.77 bits per heavy atom. The average molecular weight is 567 g/mol. The fraction of sp³-hybridized carbons (Fsp3) is 0.367. The van der Waals surface area contributed by atoms with E-state index >= 15 is 0 Å². The Morgan fingerprint density at radius 3 is 2.45 bits per heavy atom. The quantitative estimate of drug-likeness (QED) is 0.244. The van der Waals surface area contributed by atoms with E-state index in [9.17, 15) is 9.59 Å². The van der Waals surface area contributed by atoms with Gasteiger partial charge in [0.05, 0.1) is 49.3 Å². The van der Waals surface area contributed by atoms with E-state index in [-0.39, 0.29) is 18.8 Å². The number of unbranched alkanes of at least 4 members (excludes halogenated alkanes) is 1. The van der Waals surface area contributed by atoms with Gasteiger partial charge in [0.1, 0.15) is 12.4 Å². The van der Waals surface area contributed by atoms with Crippen molar-refractivity contribution in [3.8, 4) is 17.2 Å². The molecule has 2 heterocycles. The monoisotopic (exact) mass is 566 g/mol. The molecule has 1 atom stereocenters. The van der Waals surface area contributed by atoms with Gasteiger partial charge < -0.3 is 23.7 Å². The van der Waals surface area contributed by atoms with Gasteiger partial charge in [0.2, 0.25) is 0 Å². The van der Waals surface area contributed by atoms with Crippen molar-refractivity contribution in [3.63, 3.8) is 0 Å². The van der Waals surface area contributed by atoms with E-state index in [1.54, 1.807) is 43.9 Å². The largest absolute Gasteiger partial charge is 0.494 e. The summed E-state index contributed by atoms with van der Waals surface area (Å²) in [6.07, 6.45) is 3.77. The van der Waals surface area contributed by atoms with Gasteiger partial charge in [-0.1, -0.05) is 42.9 Å². The van der Waals surface area contributed by atoms with E-state index in [0.29, 0.717) is 38.7 Å². The molecule has 3 aromatic rings. The molecule has 10 heteroatoms. The summed E-state index contributed by atoms with van der Waals surface area (Å²) in [7, 11) is 4.67. The topological polar surface area (TPSA) is 97.6 Å². The molecule has 0 fully saturated rings. The van der Waals surface area contributed by atoms with Crippen LogP contribution in [0.5, 0.6) is 17.2 Å². The van der Waals surface area contributed by atoms with E-state index in [2.05, 4.69) is 11.9 Å². The minimum atomic E-state index is -0.719. The number of esters is 1. The third-order valence-corrected chi connectivity index (χ3v) is 7.41. The molecule has 1 aromatic heterocycles. The van der Waals surface area contributed by atoms with Gasteiger partial charge >= 0.3 is 5.97 Å². The molecule has 1 aliphatic heterocycles. The molecule has 40 heavy (non-hydrogen) atoms. The highest BCUT2D eigenvalue weighted by Gasteiger charge is 2.33. The molecule has 0 amide bonds. The van der Waals surface area contributed by atoms with Crippen molar-refractivity contribution in [2.75, 3.05) is 41.2 Å². The number of thiazole rings is 1. The lowest BCUT2D eigenvalue weighted by Gasteiger charge is -2.25. The number of methoxy groups -OCH3 is 3. The van der Waals surface area contributed by atoms with Crippen LogP contribution in [0.25, 0.3) is 6.08 Å². The van der Waals surface area contributed by atoms with Crippen molar-refractivity contribution in [2.24, 2.45) is 4.99 Å². The first-order valence-corrected chi connectivity index (χ1v) is 13.9. The van der Waals surface area contributed by atoms with Crippen LogP contribution in [0.15, 0.2) is 63.5 Å². The van der Waals surface area contributed by atoms with Crippen molar-refractivity contribution in [1.29, 1.82) is 0 Å². The van der Waals surface area contributed by atoms with Gasteiger partial charge in [0.15, 0.2) is 16.3 Å². The zero-order valence-electron chi connectivity index (χ0n) is 23.4. The Hall–Kier alpha value is -3.89. The number of aromatic nitrogens is 1. The molecule has 0 saturated carbocycles. The molecule has 9 nitrogen and oxygen atoms in total. The maximum Gasteiger partial charge on any atom is 0.338 e. The number of carbonyl (C=O) groups excluding carboxylic acids is 1. The van der Waals surface area contributed by atoms with Crippen molar-refractivity contribution in [1.82, 2.24) is 4.57 Å². The number of fused-ring (bicyclic) bond motifs is 1. The van der Waals surface area contributed by atoms with Crippen molar-refractivity contribution in [2.45, 2.75) is 32.7 Å². The van der Waals surface area contributed by atoms with Crippen molar-refractivity contribution < 1.29 is 28.5 Å². The predicted octanol–water partition coefficient (Wildman–Crippen LogP) is 3.62. The zero-order valence-corrected chi connectivity index (χ0v) is 24.2. The number of benzene rings is 2. The third kappa shape index (κ3) is 6.29. The van der Waals surface area contributed by atoms with E-state index in [0.717, 1.165) is 29.7 Å². The average Bonchev–Trinajstić information content (AvgIpc) is 3.26. The van der Waals surface area contributed by atoms with Crippen LogP contribution in [0.4, 0.5) is 0 Å². The van der Waals surface area contributed by atoms with Gasteiger partial charge in [-0.25, -0.2) is 9.79 Å². The molecule has 0 saturated heterocycles. The maximum atomic E-state index is 13.9. The Labute approximate surface area is 236 Å². The Bertz CT molecular complexity index is 1550. The number of allylic oxidation sites excluding steroid dienone is 1. The molecule has 1 aliphatic rings. The number of rotatable bonds is 12. The lowest BCUT2D eigenvalue weighted by atomic mass is 9.96. The number of hydrogen-bond acceptors (Lipinski definition) is 9. The molecule has 0 spiro atoms. The van der Waals surface area contributed by atoms with E-state index in [1.165, 1.54) is 18.4 Å². The molecule has 2 aromatic carbocycles. The number of ether oxygens (including phenoxy) is 5. The first-order chi connectivity index (χ1) is 19.4. The highest BCUT2D eigenvalue weighted by Crippen LogP contribution is 2.32. The van der Waals surface area contributed by atoms with Gasteiger partial charge in [-0.15, -0.1) is 0 Å². The molecule has 4 rings (SSSR count). The summed E-state index contributed by atoms with van der Waals surface area (Å²) in [5.74, 6) is 1.33. The summed E-state index contributed by atoms with van der Waals surface area (Å²) in [6.45, 7) is 4.84. The van der Waals surface area contributed by atoms with Crippen LogP contribution in [0.3, 0.4) is 0 Å². The number of nitrogens with zero attached hydrogens (tertiary/aromatic N) is 2. The van der Waals surface area contributed by atoms with Crippen molar-refractivity contribution in [3.05, 3.63) is 84.5 Å². The van der Waals surface area contributed by atoms with Gasteiger partial charge in [0.25, 0.3) is 5.56 Å². The standard InChI is InChI=1S/C30H34N2O7S/c1-6-7-14-38-22-11-9-21(10-12-22)27-26(29(34)39-16-15-35-3)19(2)31-30-32(27)28(33)25(40-30)18-20-8-13-23(36-4)24(17-20)37-5/h8-13,17-18,27H,6-7,14-16H2,1-5H3. The molecule has 212 valence electrons. The minimum absolute atomic E-state index is 0.0900. The summed E-state index contributed by atoms with van der Waals surface area (Å²) in [5.41, 5.74) is 2.05. The third-order valence-electron chi connectivity index (χ3n) is 6.43. The van der Waals surface area contributed by atoms with Gasteiger partial charge in [-0.05, 0) is 54.8 Å². The second kappa shape index (κ2) is 13.5. The molecular formula is C30H34N2O7S. The Morgan fingerprint density at radius 1 is 1.02 bits per heavy atom. The fourth-order valence-corrected chi connectivity index (χ4v) is 5.41. The normalized spacial score (nSPS) is 14.9. The van der Waals surface area contributed by atoms with E-state index in [4.69, 9.17) is 23.7 Å². The summed E-state index contributed by atoms with van der Waals surface area (Å²) in [4.78, 5) is 32.3. The first-order valence-electron chi connectivity index (χ1n) is 13.0. The first kappa shape index (κ1) is 29.1. The van der Waals surface area contributed by atoms with Crippen LogP contribution < -0.4 is 29.1 Å². The van der Waals surface area contributed by atoms with Crippen molar-refractivity contribution >= 4 is 23.4 Å². The lowest BCUT2D eigenvalue weighted by molar-refractivity contribution is -0.140. The molecule has 0 aliphatic carbocycles. The lowest BCUT2D eigenvalue weighted by Crippen LogP contribution is -2.40. The summed E-state index contributed by atoms with van der Waals surface area (Å²) >= 11 is 1.26. The van der Waals surface area contributed by atoms with Crippen LogP contribution in [-0.4, -0.2) is 51.7 Å². The van der Waals surface area contributed by atoms with Crippen LogP contribution in [0, 0.1) is 0 Å². The Balaban J connectivity index is 1.81. The molecule has 1 unspecified atom stereocenters. The van der Waals surface area contributed by atoms with Gasteiger partial charge in [0, 0.05) is 7.11 Å². The minimum Gasteiger partial charge on any atom is -0.494 e.